The maximum Gasteiger partial charge on any atom is 0.113 e. The fraction of sp³-hybridized carbons (Fsp3) is 0.250. The maximum absolute atomic E-state index is 12.3. The summed E-state index contributed by atoms with van der Waals surface area (Å²) in [7, 11) is -2.59. The Balaban J connectivity index is 1.89. The topological polar surface area (TPSA) is 34.1 Å². The van der Waals surface area contributed by atoms with Crippen LogP contribution >= 0.6 is 23.2 Å². The highest BCUT2D eigenvalue weighted by Gasteiger charge is 2.20. The molecule has 0 heterocycles. The molecule has 0 saturated carbocycles. The third-order valence-corrected chi connectivity index (χ3v) is 7.32. The maximum atomic E-state index is 12.3. The first-order valence-electron chi connectivity index (χ1n) is 6.79. The van der Waals surface area contributed by atoms with Gasteiger partial charge in [0, 0.05) is 9.79 Å². The van der Waals surface area contributed by atoms with Gasteiger partial charge in [-0.15, -0.1) is 23.2 Å². The molecule has 118 valence electrons. The monoisotopic (exact) mass is 374 g/mol. The van der Waals surface area contributed by atoms with Crippen LogP contribution in [0.4, 0.5) is 0 Å². The van der Waals surface area contributed by atoms with E-state index < -0.39 is 31.0 Å². The predicted molar refractivity (Wildman–Crippen MR) is 94.2 cm³/mol. The van der Waals surface area contributed by atoms with Crippen molar-refractivity contribution in [1.82, 2.24) is 0 Å². The van der Waals surface area contributed by atoms with E-state index >= 15 is 0 Å². The van der Waals surface area contributed by atoms with Crippen molar-refractivity contribution >= 4 is 44.8 Å². The third-order valence-electron chi connectivity index (χ3n) is 3.04. The van der Waals surface area contributed by atoms with E-state index in [2.05, 4.69) is 0 Å². The summed E-state index contributed by atoms with van der Waals surface area (Å²) in [6, 6.07) is 18.2. The standard InChI is InChI=1S/C16H16Cl2O2S2/c17-15(21(19)13-7-3-1-4-8-13)11-12-16(18)22(20)14-9-5-2-6-10-14/h1-10,15-16H,11-12H2. The SMILES string of the molecule is O=S(c1ccccc1)C(Cl)CCC(Cl)S(=O)c1ccccc1. The molecule has 0 bridgehead atoms. The molecule has 0 amide bonds. The lowest BCUT2D eigenvalue weighted by Gasteiger charge is -2.13. The molecule has 6 heteroatoms. The molecule has 0 radical (unpaired) electrons. The van der Waals surface area contributed by atoms with E-state index in [9.17, 15) is 8.42 Å². The highest BCUT2D eigenvalue weighted by Crippen LogP contribution is 2.23. The van der Waals surface area contributed by atoms with Gasteiger partial charge in [0.2, 0.25) is 0 Å². The lowest BCUT2D eigenvalue weighted by atomic mass is 10.4. The molecule has 22 heavy (non-hydrogen) atoms. The Morgan fingerprint density at radius 2 is 1.00 bits per heavy atom. The second-order valence-electron chi connectivity index (χ2n) is 4.62. The number of benzene rings is 2. The molecule has 0 N–H and O–H groups in total. The minimum atomic E-state index is -1.29. The van der Waals surface area contributed by atoms with Crippen molar-refractivity contribution in [1.29, 1.82) is 0 Å². The Morgan fingerprint density at radius 1 is 0.682 bits per heavy atom. The Kier molecular flexibility index (Phi) is 7.09. The summed E-state index contributed by atoms with van der Waals surface area (Å²) in [5.74, 6) is 0. The largest absolute Gasteiger partial charge is 0.253 e. The summed E-state index contributed by atoms with van der Waals surface area (Å²) < 4.78 is 23.4. The van der Waals surface area contributed by atoms with Crippen LogP contribution in [-0.4, -0.2) is 17.8 Å². The Labute approximate surface area is 145 Å². The van der Waals surface area contributed by atoms with Crippen molar-refractivity contribution in [2.75, 3.05) is 0 Å². The van der Waals surface area contributed by atoms with Crippen LogP contribution in [0.15, 0.2) is 70.5 Å². The Bertz CT molecular complexity index is 578. The van der Waals surface area contributed by atoms with Crippen LogP contribution < -0.4 is 0 Å². The van der Waals surface area contributed by atoms with Crippen LogP contribution in [0, 0.1) is 0 Å². The van der Waals surface area contributed by atoms with E-state index in [4.69, 9.17) is 23.2 Å². The van der Waals surface area contributed by atoms with Gasteiger partial charge in [-0.25, -0.2) is 0 Å². The smallest absolute Gasteiger partial charge is 0.113 e. The molecular formula is C16H16Cl2O2S2. The predicted octanol–water partition coefficient (Wildman–Crippen LogP) is 4.51. The Hall–Kier alpha value is -0.680. The molecular weight excluding hydrogens is 359 g/mol. The molecule has 0 aliphatic carbocycles. The first-order valence-corrected chi connectivity index (χ1v) is 10.1. The van der Waals surface area contributed by atoms with Crippen molar-refractivity contribution in [3.8, 4) is 0 Å². The minimum absolute atomic E-state index is 0.440. The normalized spacial score (nSPS) is 16.6. The quantitative estimate of drug-likeness (QED) is 0.667. The molecule has 2 aromatic rings. The molecule has 2 aromatic carbocycles. The minimum Gasteiger partial charge on any atom is -0.253 e. The molecule has 0 aliphatic heterocycles. The lowest BCUT2D eigenvalue weighted by molar-refractivity contribution is 0.666. The molecule has 4 atom stereocenters. The first-order chi connectivity index (χ1) is 10.6. The van der Waals surface area contributed by atoms with E-state index in [1.807, 2.05) is 36.4 Å². The van der Waals surface area contributed by atoms with Crippen LogP contribution in [0.25, 0.3) is 0 Å². The van der Waals surface area contributed by atoms with Gasteiger partial charge in [-0.3, -0.25) is 8.42 Å². The van der Waals surface area contributed by atoms with Crippen molar-refractivity contribution in [3.05, 3.63) is 60.7 Å². The summed E-state index contributed by atoms with van der Waals surface area (Å²) >= 11 is 12.4. The van der Waals surface area contributed by atoms with Crippen molar-refractivity contribution < 1.29 is 8.42 Å². The second-order valence-corrected chi connectivity index (χ2v) is 9.46. The zero-order chi connectivity index (χ0) is 15.9. The lowest BCUT2D eigenvalue weighted by Crippen LogP contribution is -2.14. The fourth-order valence-electron chi connectivity index (χ4n) is 1.88. The molecule has 0 fully saturated rings. The van der Waals surface area contributed by atoms with Crippen LogP contribution in [-0.2, 0) is 21.6 Å². The zero-order valence-corrected chi connectivity index (χ0v) is 14.9. The van der Waals surface area contributed by atoms with Crippen LogP contribution in [0.5, 0.6) is 0 Å². The number of halogens is 2. The van der Waals surface area contributed by atoms with E-state index in [0.717, 1.165) is 0 Å². The summed E-state index contributed by atoms with van der Waals surface area (Å²) in [6.45, 7) is 0. The van der Waals surface area contributed by atoms with Gasteiger partial charge >= 0.3 is 0 Å². The summed E-state index contributed by atoms with van der Waals surface area (Å²) in [6.07, 6.45) is 0.881. The van der Waals surface area contributed by atoms with E-state index in [1.165, 1.54) is 0 Å². The van der Waals surface area contributed by atoms with Gasteiger partial charge in [0.15, 0.2) is 0 Å². The second kappa shape index (κ2) is 8.82. The van der Waals surface area contributed by atoms with Gasteiger partial charge < -0.3 is 0 Å². The number of hydrogen-bond donors (Lipinski definition) is 0. The highest BCUT2D eigenvalue weighted by molar-refractivity contribution is 7.87. The van der Waals surface area contributed by atoms with Gasteiger partial charge in [0.25, 0.3) is 0 Å². The van der Waals surface area contributed by atoms with E-state index in [0.29, 0.717) is 22.6 Å². The van der Waals surface area contributed by atoms with Crippen LogP contribution in [0.3, 0.4) is 0 Å². The summed E-state index contributed by atoms with van der Waals surface area (Å²) in [5.41, 5.74) is 0. The molecule has 0 spiro atoms. The summed E-state index contributed by atoms with van der Waals surface area (Å²) in [5, 5.41) is 0. The number of rotatable bonds is 7. The molecule has 4 unspecified atom stereocenters. The van der Waals surface area contributed by atoms with Crippen LogP contribution in [0.1, 0.15) is 12.8 Å². The van der Waals surface area contributed by atoms with Crippen molar-refractivity contribution in [2.24, 2.45) is 0 Å². The van der Waals surface area contributed by atoms with Crippen molar-refractivity contribution in [3.63, 3.8) is 0 Å². The van der Waals surface area contributed by atoms with Gasteiger partial charge in [-0.05, 0) is 37.1 Å². The molecule has 0 saturated heterocycles. The molecule has 2 nitrogen and oxygen atoms in total. The highest BCUT2D eigenvalue weighted by atomic mass is 35.5. The average molecular weight is 375 g/mol. The Morgan fingerprint density at radius 3 is 1.32 bits per heavy atom. The van der Waals surface area contributed by atoms with E-state index in [-0.39, 0.29) is 0 Å². The van der Waals surface area contributed by atoms with E-state index in [1.54, 1.807) is 24.3 Å². The third kappa shape index (κ3) is 4.92. The molecule has 2 rings (SSSR count). The van der Waals surface area contributed by atoms with Gasteiger partial charge in [-0.1, -0.05) is 36.4 Å². The van der Waals surface area contributed by atoms with Gasteiger partial charge in [0.1, 0.15) is 9.42 Å². The first kappa shape index (κ1) is 17.7. The van der Waals surface area contributed by atoms with Crippen LogP contribution in [0.2, 0.25) is 0 Å². The fourth-order valence-corrected chi connectivity index (χ4v) is 4.89. The van der Waals surface area contributed by atoms with Gasteiger partial charge in [-0.2, -0.15) is 0 Å². The molecule has 0 aliphatic rings. The van der Waals surface area contributed by atoms with Gasteiger partial charge in [0.05, 0.1) is 21.6 Å². The molecule has 0 aromatic heterocycles. The van der Waals surface area contributed by atoms with Crippen molar-refractivity contribution in [2.45, 2.75) is 32.1 Å². The zero-order valence-electron chi connectivity index (χ0n) is 11.7. The number of hydrogen-bond acceptors (Lipinski definition) is 2. The average Bonchev–Trinajstić information content (AvgIpc) is 2.59. The number of alkyl halides is 2. The summed E-state index contributed by atoms with van der Waals surface area (Å²) in [4.78, 5) is 1.38.